The zero-order chi connectivity index (χ0) is 25.9. The van der Waals surface area contributed by atoms with Crippen molar-refractivity contribution in [2.24, 2.45) is 0 Å². The fourth-order valence-corrected chi connectivity index (χ4v) is 3.75. The van der Waals surface area contributed by atoms with Gasteiger partial charge in [-0.1, -0.05) is 35.4 Å². The Morgan fingerprint density at radius 2 is 1.56 bits per heavy atom. The second-order valence-electron chi connectivity index (χ2n) is 8.72. The first-order valence-corrected chi connectivity index (χ1v) is 11.7. The molecule has 1 fully saturated rings. The number of nitrogens with one attached hydrogen (secondary N) is 3. The van der Waals surface area contributed by atoms with Crippen molar-refractivity contribution < 1.29 is 24.2 Å². The first-order valence-electron chi connectivity index (χ1n) is 11.3. The van der Waals surface area contributed by atoms with E-state index in [0.29, 0.717) is 35.5 Å². The van der Waals surface area contributed by atoms with E-state index in [1.54, 1.807) is 42.5 Å². The molecule has 4 N–H and O–H groups in total. The second-order valence-corrected chi connectivity index (χ2v) is 9.12. The highest BCUT2D eigenvalue weighted by atomic mass is 35.5. The molecule has 0 spiro atoms. The van der Waals surface area contributed by atoms with Crippen molar-refractivity contribution in [3.05, 3.63) is 87.9 Å². The molecule has 0 bridgehead atoms. The molecule has 0 heterocycles. The Bertz CT molecular complexity index is 1320. The van der Waals surface area contributed by atoms with Crippen molar-refractivity contribution in [1.82, 2.24) is 5.32 Å². The lowest BCUT2D eigenvalue weighted by atomic mass is 10.1. The molecule has 3 aromatic carbocycles. The molecule has 1 aliphatic rings. The summed E-state index contributed by atoms with van der Waals surface area (Å²) in [4.78, 5) is 37.9. The van der Waals surface area contributed by atoms with Crippen molar-refractivity contribution >= 4 is 40.7 Å². The van der Waals surface area contributed by atoms with Gasteiger partial charge in [-0.15, -0.1) is 0 Å². The molecular formula is C27H26ClN3O5. The summed E-state index contributed by atoms with van der Waals surface area (Å²) in [7, 11) is 1.46. The van der Waals surface area contributed by atoms with Crippen LogP contribution >= 0.6 is 11.6 Å². The molecule has 0 aromatic heterocycles. The summed E-state index contributed by atoms with van der Waals surface area (Å²) in [6.45, 7) is 2.10. The molecule has 36 heavy (non-hydrogen) atoms. The Labute approximate surface area is 213 Å². The number of rotatable bonds is 8. The third kappa shape index (κ3) is 5.84. The van der Waals surface area contributed by atoms with Crippen LogP contribution in [0.3, 0.4) is 0 Å². The Morgan fingerprint density at radius 1 is 0.917 bits per heavy atom. The SMILES string of the molecule is COc1ccc(NC(=O)c2cc(CNC(=O)C3(O)CC3)ccc2Cl)cc1C(=O)Nc1ccc(C)cc1. The summed E-state index contributed by atoms with van der Waals surface area (Å²) >= 11 is 6.26. The minimum atomic E-state index is -1.27. The molecular weight excluding hydrogens is 482 g/mol. The fraction of sp³-hybridized carbons (Fsp3) is 0.222. The van der Waals surface area contributed by atoms with Gasteiger partial charge in [0, 0.05) is 17.9 Å². The van der Waals surface area contributed by atoms with Gasteiger partial charge in [0.1, 0.15) is 11.4 Å². The molecule has 4 rings (SSSR count). The van der Waals surface area contributed by atoms with Crippen LogP contribution in [0, 0.1) is 6.92 Å². The molecule has 3 amide bonds. The first kappa shape index (κ1) is 25.2. The Hall–Kier alpha value is -3.88. The maximum absolute atomic E-state index is 13.0. The van der Waals surface area contributed by atoms with E-state index in [4.69, 9.17) is 16.3 Å². The number of halogens is 1. The van der Waals surface area contributed by atoms with Gasteiger partial charge in [0.2, 0.25) is 0 Å². The van der Waals surface area contributed by atoms with Gasteiger partial charge in [-0.2, -0.15) is 0 Å². The summed E-state index contributed by atoms with van der Waals surface area (Å²) in [5, 5.41) is 18.4. The van der Waals surface area contributed by atoms with Crippen molar-refractivity contribution in [3.63, 3.8) is 0 Å². The van der Waals surface area contributed by atoms with Gasteiger partial charge in [0.15, 0.2) is 0 Å². The highest BCUT2D eigenvalue weighted by Gasteiger charge is 2.47. The normalized spacial score (nSPS) is 13.4. The van der Waals surface area contributed by atoms with Gasteiger partial charge in [-0.25, -0.2) is 0 Å². The summed E-state index contributed by atoms with van der Waals surface area (Å²) in [5.41, 5.74) is 1.90. The van der Waals surface area contributed by atoms with E-state index < -0.39 is 17.4 Å². The summed E-state index contributed by atoms with van der Waals surface area (Å²) in [6.07, 6.45) is 0.889. The molecule has 0 unspecified atom stereocenters. The summed E-state index contributed by atoms with van der Waals surface area (Å²) in [5.74, 6) is -0.951. The van der Waals surface area contributed by atoms with Crippen molar-refractivity contribution in [1.29, 1.82) is 0 Å². The maximum Gasteiger partial charge on any atom is 0.259 e. The maximum atomic E-state index is 13.0. The van der Waals surface area contributed by atoms with Crippen LogP contribution in [-0.2, 0) is 11.3 Å². The topological polar surface area (TPSA) is 117 Å². The molecule has 8 nitrogen and oxygen atoms in total. The predicted molar refractivity (Wildman–Crippen MR) is 138 cm³/mol. The number of carbonyl (C=O) groups excluding carboxylic acids is 3. The number of ether oxygens (including phenoxy) is 1. The molecule has 0 saturated heterocycles. The average Bonchev–Trinajstić information content (AvgIpc) is 3.63. The quantitative estimate of drug-likeness (QED) is 0.362. The number of methoxy groups -OCH3 is 1. The standard InChI is InChI=1S/C27H26ClN3O5/c1-16-3-6-18(7-4-16)30-25(33)21-14-19(8-10-23(21)36-2)31-24(32)20-13-17(5-9-22(20)28)15-29-26(34)27(35)11-12-27/h3-10,13-14,35H,11-12,15H2,1-2H3,(H,29,34)(H,30,33)(H,31,32). The van der Waals surface area contributed by atoms with E-state index in [-0.39, 0.29) is 28.6 Å². The Morgan fingerprint density at radius 3 is 2.22 bits per heavy atom. The fourth-order valence-electron chi connectivity index (χ4n) is 3.55. The molecule has 1 saturated carbocycles. The van der Waals surface area contributed by atoms with Gasteiger partial charge in [-0.05, 0) is 67.8 Å². The average molecular weight is 508 g/mol. The van der Waals surface area contributed by atoms with E-state index in [9.17, 15) is 19.5 Å². The van der Waals surface area contributed by atoms with Crippen LogP contribution in [0.5, 0.6) is 5.75 Å². The van der Waals surface area contributed by atoms with Crippen molar-refractivity contribution in [2.45, 2.75) is 31.9 Å². The highest BCUT2D eigenvalue weighted by molar-refractivity contribution is 6.34. The number of benzene rings is 3. The number of carbonyl (C=O) groups is 3. The lowest BCUT2D eigenvalue weighted by molar-refractivity contribution is -0.131. The summed E-state index contributed by atoms with van der Waals surface area (Å²) < 4.78 is 5.33. The largest absolute Gasteiger partial charge is 0.496 e. The van der Waals surface area contributed by atoms with Crippen LogP contribution in [-0.4, -0.2) is 35.5 Å². The minimum Gasteiger partial charge on any atom is -0.496 e. The number of amides is 3. The van der Waals surface area contributed by atoms with Crippen LogP contribution in [0.15, 0.2) is 60.7 Å². The van der Waals surface area contributed by atoms with Gasteiger partial charge in [0.25, 0.3) is 17.7 Å². The molecule has 0 radical (unpaired) electrons. The molecule has 9 heteroatoms. The lowest BCUT2D eigenvalue weighted by Crippen LogP contribution is -2.35. The minimum absolute atomic E-state index is 0.143. The van der Waals surface area contributed by atoms with Gasteiger partial charge < -0.3 is 25.8 Å². The first-order chi connectivity index (χ1) is 17.2. The van der Waals surface area contributed by atoms with Crippen LogP contribution in [0.2, 0.25) is 5.02 Å². The van der Waals surface area contributed by atoms with E-state index >= 15 is 0 Å². The van der Waals surface area contributed by atoms with Gasteiger partial charge in [0.05, 0.1) is 23.3 Å². The van der Waals surface area contributed by atoms with Crippen LogP contribution in [0.25, 0.3) is 0 Å². The zero-order valence-electron chi connectivity index (χ0n) is 19.9. The van der Waals surface area contributed by atoms with E-state index in [1.807, 2.05) is 19.1 Å². The number of hydrogen-bond acceptors (Lipinski definition) is 5. The summed E-state index contributed by atoms with van der Waals surface area (Å²) in [6, 6.07) is 16.9. The smallest absolute Gasteiger partial charge is 0.259 e. The van der Waals surface area contributed by atoms with E-state index in [2.05, 4.69) is 16.0 Å². The number of aliphatic hydroxyl groups is 1. The van der Waals surface area contributed by atoms with Crippen LogP contribution in [0.1, 0.15) is 44.7 Å². The predicted octanol–water partition coefficient (Wildman–Crippen LogP) is 4.30. The van der Waals surface area contributed by atoms with Gasteiger partial charge >= 0.3 is 0 Å². The third-order valence-corrected chi connectivity index (χ3v) is 6.22. The molecule has 186 valence electrons. The lowest BCUT2D eigenvalue weighted by Gasteiger charge is -2.14. The number of hydrogen-bond donors (Lipinski definition) is 4. The van der Waals surface area contributed by atoms with Crippen molar-refractivity contribution in [3.8, 4) is 5.75 Å². The highest BCUT2D eigenvalue weighted by Crippen LogP contribution is 2.35. The molecule has 0 atom stereocenters. The van der Waals surface area contributed by atoms with Crippen LogP contribution in [0.4, 0.5) is 11.4 Å². The molecule has 3 aromatic rings. The van der Waals surface area contributed by atoms with Crippen LogP contribution < -0.4 is 20.7 Å². The Kier molecular flexibility index (Phi) is 7.28. The number of aryl methyl sites for hydroxylation is 1. The molecule has 1 aliphatic carbocycles. The van der Waals surface area contributed by atoms with E-state index in [1.165, 1.54) is 13.2 Å². The monoisotopic (exact) mass is 507 g/mol. The zero-order valence-corrected chi connectivity index (χ0v) is 20.6. The van der Waals surface area contributed by atoms with E-state index in [0.717, 1.165) is 5.56 Å². The third-order valence-electron chi connectivity index (χ3n) is 5.89. The second kappa shape index (κ2) is 10.4. The number of anilines is 2. The Balaban J connectivity index is 1.48. The molecule has 0 aliphatic heterocycles. The van der Waals surface area contributed by atoms with Crippen molar-refractivity contribution in [2.75, 3.05) is 17.7 Å². The van der Waals surface area contributed by atoms with Gasteiger partial charge in [-0.3, -0.25) is 14.4 Å².